The summed E-state index contributed by atoms with van der Waals surface area (Å²) in [5.74, 6) is 0.770. The van der Waals surface area contributed by atoms with Gasteiger partial charge >= 0.3 is 0 Å². The number of fused-ring (bicyclic) bond motifs is 1. The Balaban J connectivity index is 0.000000402. The zero-order chi connectivity index (χ0) is 25.8. The lowest BCUT2D eigenvalue weighted by molar-refractivity contribution is -0.129. The number of aryl methyl sites for hydroxylation is 2. The topological polar surface area (TPSA) is 51.2 Å². The molecule has 2 aromatic carbocycles. The first-order valence-electron chi connectivity index (χ1n) is 13.5. The maximum atomic E-state index is 12.7. The second kappa shape index (κ2) is 14.8. The highest BCUT2D eigenvalue weighted by atomic mass is 16.1. The predicted molar refractivity (Wildman–Crippen MR) is 145 cm³/mol. The first-order valence-corrected chi connectivity index (χ1v) is 13.5. The standard InChI is InChI=1S/C23H32O3.C9H12/c1-5-8-18(20(6-2)21(25)11-16(4)24)12-17-13-19-10-7-9-15(3)23(19)22(26)14-17;1-2-6-9-7-4-3-5-8-9/h7,9-10,17-18,20H,5-6,8,11-14H2,1-4H3;3-5,7-8H,2,6H2,1H3. The summed E-state index contributed by atoms with van der Waals surface area (Å²) >= 11 is 0. The van der Waals surface area contributed by atoms with E-state index in [0.717, 1.165) is 48.8 Å². The van der Waals surface area contributed by atoms with E-state index in [9.17, 15) is 14.4 Å². The van der Waals surface area contributed by atoms with Gasteiger partial charge in [0.25, 0.3) is 0 Å². The van der Waals surface area contributed by atoms with E-state index >= 15 is 0 Å². The fourth-order valence-electron chi connectivity index (χ4n) is 5.63. The van der Waals surface area contributed by atoms with Crippen LogP contribution in [0, 0.1) is 24.7 Å². The van der Waals surface area contributed by atoms with E-state index in [1.807, 2.05) is 26.0 Å². The second-order valence-electron chi connectivity index (χ2n) is 10.2. The average molecular weight is 477 g/mol. The summed E-state index contributed by atoms with van der Waals surface area (Å²) in [6, 6.07) is 16.7. The molecule has 3 unspecified atom stereocenters. The zero-order valence-corrected chi connectivity index (χ0v) is 22.4. The molecule has 2 aromatic rings. The third-order valence-corrected chi connectivity index (χ3v) is 7.14. The average Bonchev–Trinajstić information content (AvgIpc) is 2.80. The van der Waals surface area contributed by atoms with E-state index in [2.05, 4.69) is 50.2 Å². The Kier molecular flexibility index (Phi) is 12.1. The van der Waals surface area contributed by atoms with Crippen molar-refractivity contribution in [3.05, 3.63) is 70.8 Å². The van der Waals surface area contributed by atoms with Gasteiger partial charge in [-0.3, -0.25) is 14.4 Å². The quantitative estimate of drug-likeness (QED) is 0.311. The normalized spacial score (nSPS) is 16.5. The number of benzene rings is 2. The van der Waals surface area contributed by atoms with E-state index in [0.29, 0.717) is 12.3 Å². The molecule has 190 valence electrons. The summed E-state index contributed by atoms with van der Waals surface area (Å²) in [5.41, 5.74) is 4.58. The third kappa shape index (κ3) is 8.87. The van der Waals surface area contributed by atoms with E-state index in [-0.39, 0.29) is 35.6 Å². The lowest BCUT2D eigenvalue weighted by Gasteiger charge is -2.31. The molecule has 0 saturated carbocycles. The first-order chi connectivity index (χ1) is 16.8. The van der Waals surface area contributed by atoms with Crippen LogP contribution in [0.3, 0.4) is 0 Å². The Hall–Kier alpha value is -2.55. The van der Waals surface area contributed by atoms with Crippen LogP contribution in [0.1, 0.15) is 99.7 Å². The van der Waals surface area contributed by atoms with Gasteiger partial charge in [0.15, 0.2) is 5.78 Å². The summed E-state index contributed by atoms with van der Waals surface area (Å²) in [5, 5.41) is 0. The number of Topliss-reactive ketones (excluding diaryl/α,β-unsaturated/α-hetero) is 3. The van der Waals surface area contributed by atoms with Crippen LogP contribution in [0.4, 0.5) is 0 Å². The van der Waals surface area contributed by atoms with Gasteiger partial charge in [-0.25, -0.2) is 0 Å². The van der Waals surface area contributed by atoms with Gasteiger partial charge in [0, 0.05) is 17.9 Å². The summed E-state index contributed by atoms with van der Waals surface area (Å²) in [4.78, 5) is 36.6. The van der Waals surface area contributed by atoms with Crippen molar-refractivity contribution in [3.63, 3.8) is 0 Å². The number of carbonyl (C=O) groups excluding carboxylic acids is 3. The van der Waals surface area contributed by atoms with Crippen LogP contribution >= 0.6 is 0 Å². The fraction of sp³-hybridized carbons (Fsp3) is 0.531. The summed E-state index contributed by atoms with van der Waals surface area (Å²) < 4.78 is 0. The van der Waals surface area contributed by atoms with E-state index in [1.165, 1.54) is 25.3 Å². The van der Waals surface area contributed by atoms with Crippen LogP contribution in [0.25, 0.3) is 0 Å². The second-order valence-corrected chi connectivity index (χ2v) is 10.2. The summed E-state index contributed by atoms with van der Waals surface area (Å²) in [6.07, 6.45) is 7.66. The molecular weight excluding hydrogens is 432 g/mol. The van der Waals surface area contributed by atoms with Gasteiger partial charge in [-0.05, 0) is 68.1 Å². The van der Waals surface area contributed by atoms with Crippen LogP contribution in [0.2, 0.25) is 0 Å². The molecule has 0 heterocycles. The number of ketones is 3. The highest BCUT2D eigenvalue weighted by molar-refractivity contribution is 6.00. The molecule has 0 aliphatic heterocycles. The number of hydrogen-bond donors (Lipinski definition) is 0. The molecule has 0 saturated heterocycles. The molecule has 3 atom stereocenters. The molecule has 3 rings (SSSR count). The third-order valence-electron chi connectivity index (χ3n) is 7.14. The molecule has 0 amide bonds. The summed E-state index contributed by atoms with van der Waals surface area (Å²) in [7, 11) is 0. The van der Waals surface area contributed by atoms with Gasteiger partial charge in [-0.2, -0.15) is 0 Å². The van der Waals surface area contributed by atoms with Crippen LogP contribution < -0.4 is 0 Å². The molecule has 1 aliphatic rings. The Morgan fingerprint density at radius 2 is 1.66 bits per heavy atom. The Bertz CT molecular complexity index is 960. The van der Waals surface area contributed by atoms with Crippen molar-refractivity contribution < 1.29 is 14.4 Å². The highest BCUT2D eigenvalue weighted by Crippen LogP contribution is 2.36. The van der Waals surface area contributed by atoms with Crippen LogP contribution in [0.5, 0.6) is 0 Å². The SMILES string of the molecule is CCCC(CC1CC(=O)c2c(C)cccc2C1)C(CC)C(=O)CC(C)=O.CCCc1ccccc1. The Morgan fingerprint density at radius 1 is 0.943 bits per heavy atom. The van der Waals surface area contributed by atoms with Crippen LogP contribution in [-0.2, 0) is 22.4 Å². The number of carbonyl (C=O) groups is 3. The van der Waals surface area contributed by atoms with E-state index in [4.69, 9.17) is 0 Å². The molecule has 0 spiro atoms. The Labute approximate surface area is 212 Å². The van der Waals surface area contributed by atoms with Gasteiger partial charge in [-0.1, -0.05) is 88.6 Å². The zero-order valence-electron chi connectivity index (χ0n) is 22.4. The predicted octanol–water partition coefficient (Wildman–Crippen LogP) is 7.76. The molecule has 1 aliphatic carbocycles. The van der Waals surface area contributed by atoms with Crippen LogP contribution in [-0.4, -0.2) is 17.3 Å². The number of rotatable bonds is 11. The molecular formula is C32H44O3. The fourth-order valence-corrected chi connectivity index (χ4v) is 5.63. The molecule has 3 nitrogen and oxygen atoms in total. The molecule has 0 aromatic heterocycles. The first kappa shape index (κ1) is 28.7. The minimum absolute atomic E-state index is 0.0460. The van der Waals surface area contributed by atoms with Gasteiger partial charge in [0.2, 0.25) is 0 Å². The maximum absolute atomic E-state index is 12.7. The van der Waals surface area contributed by atoms with Gasteiger partial charge in [-0.15, -0.1) is 0 Å². The molecule has 0 bridgehead atoms. The minimum atomic E-state index is -0.0622. The lowest BCUT2D eigenvalue weighted by Crippen LogP contribution is -2.29. The monoisotopic (exact) mass is 476 g/mol. The van der Waals surface area contributed by atoms with Crippen molar-refractivity contribution in [2.24, 2.45) is 17.8 Å². The van der Waals surface area contributed by atoms with Crippen molar-refractivity contribution >= 4 is 17.3 Å². The van der Waals surface area contributed by atoms with Gasteiger partial charge < -0.3 is 0 Å². The molecule has 0 radical (unpaired) electrons. The maximum Gasteiger partial charge on any atom is 0.163 e. The minimum Gasteiger partial charge on any atom is -0.300 e. The van der Waals surface area contributed by atoms with Crippen molar-refractivity contribution in [1.29, 1.82) is 0 Å². The van der Waals surface area contributed by atoms with Crippen LogP contribution in [0.15, 0.2) is 48.5 Å². The Morgan fingerprint density at radius 3 is 2.26 bits per heavy atom. The van der Waals surface area contributed by atoms with Crippen molar-refractivity contribution in [3.8, 4) is 0 Å². The van der Waals surface area contributed by atoms with Crippen molar-refractivity contribution in [2.45, 2.75) is 92.4 Å². The molecule has 0 fully saturated rings. The highest BCUT2D eigenvalue weighted by Gasteiger charge is 2.32. The smallest absolute Gasteiger partial charge is 0.163 e. The number of hydrogen-bond acceptors (Lipinski definition) is 3. The van der Waals surface area contributed by atoms with Gasteiger partial charge in [0.1, 0.15) is 11.6 Å². The largest absolute Gasteiger partial charge is 0.300 e. The molecule has 0 N–H and O–H groups in total. The van der Waals surface area contributed by atoms with Crippen molar-refractivity contribution in [2.75, 3.05) is 0 Å². The van der Waals surface area contributed by atoms with Gasteiger partial charge in [0.05, 0.1) is 6.42 Å². The molecule has 3 heteroatoms. The lowest BCUT2D eigenvalue weighted by atomic mass is 9.72. The van der Waals surface area contributed by atoms with Crippen molar-refractivity contribution in [1.82, 2.24) is 0 Å². The summed E-state index contributed by atoms with van der Waals surface area (Å²) in [6.45, 7) is 9.87. The van der Waals surface area contributed by atoms with E-state index < -0.39 is 0 Å². The molecule has 35 heavy (non-hydrogen) atoms. The van der Waals surface area contributed by atoms with E-state index in [1.54, 1.807) is 0 Å².